The summed E-state index contributed by atoms with van der Waals surface area (Å²) in [6.45, 7) is 1.99. The molecule has 0 saturated heterocycles. The molecule has 0 aliphatic heterocycles. The van der Waals surface area contributed by atoms with Crippen molar-refractivity contribution in [3.63, 3.8) is 0 Å². The second kappa shape index (κ2) is 5.75. The Morgan fingerprint density at radius 2 is 2.05 bits per heavy atom. The molecule has 20 heavy (non-hydrogen) atoms. The van der Waals surface area contributed by atoms with E-state index in [1.807, 2.05) is 0 Å². The third-order valence-electron chi connectivity index (χ3n) is 2.57. The van der Waals surface area contributed by atoms with E-state index >= 15 is 0 Å². The fourth-order valence-corrected chi connectivity index (χ4v) is 1.87. The van der Waals surface area contributed by atoms with Crippen LogP contribution in [0, 0.1) is 0 Å². The van der Waals surface area contributed by atoms with Gasteiger partial charge in [-0.2, -0.15) is 13.2 Å². The molecule has 1 aromatic heterocycles. The van der Waals surface area contributed by atoms with E-state index in [1.54, 1.807) is 6.92 Å². The minimum atomic E-state index is -4.51. The van der Waals surface area contributed by atoms with Crippen LogP contribution in [0.5, 0.6) is 5.75 Å². The van der Waals surface area contributed by atoms with Crippen molar-refractivity contribution in [1.82, 2.24) is 5.16 Å². The first kappa shape index (κ1) is 14.7. The minimum absolute atomic E-state index is 0.0470. The predicted octanol–water partition coefficient (Wildman–Crippen LogP) is 4.50. The van der Waals surface area contributed by atoms with E-state index in [0.717, 1.165) is 6.07 Å². The van der Waals surface area contributed by atoms with Gasteiger partial charge in [-0.25, -0.2) is 0 Å². The lowest BCUT2D eigenvalue weighted by atomic mass is 10.0. The average Bonchev–Trinajstić information content (AvgIpc) is 2.87. The minimum Gasteiger partial charge on any atom is -0.494 e. The van der Waals surface area contributed by atoms with Gasteiger partial charge in [0.25, 0.3) is 0 Å². The SMILES string of the molecule is CCOc1ccc(-c2cc(CCl)on2)c(C(F)(F)F)c1. The van der Waals surface area contributed by atoms with Gasteiger partial charge in [0.05, 0.1) is 18.1 Å². The third kappa shape index (κ3) is 3.07. The molecule has 0 aliphatic carbocycles. The number of hydrogen-bond donors (Lipinski definition) is 0. The zero-order valence-electron chi connectivity index (χ0n) is 10.5. The summed E-state index contributed by atoms with van der Waals surface area (Å²) >= 11 is 5.55. The second-order valence-electron chi connectivity index (χ2n) is 3.95. The maximum atomic E-state index is 13.1. The highest BCUT2D eigenvalue weighted by atomic mass is 35.5. The molecule has 0 N–H and O–H groups in total. The molecule has 0 aliphatic rings. The zero-order chi connectivity index (χ0) is 14.8. The molecular weight excluding hydrogens is 295 g/mol. The lowest BCUT2D eigenvalue weighted by molar-refractivity contribution is -0.137. The van der Waals surface area contributed by atoms with Crippen molar-refractivity contribution in [1.29, 1.82) is 0 Å². The number of ether oxygens (including phenoxy) is 1. The fourth-order valence-electron chi connectivity index (χ4n) is 1.74. The Balaban J connectivity index is 2.51. The molecule has 0 fully saturated rings. The molecular formula is C13H11ClF3NO2. The van der Waals surface area contributed by atoms with Crippen molar-refractivity contribution >= 4 is 11.6 Å². The molecule has 108 valence electrons. The molecule has 0 spiro atoms. The first-order valence-corrected chi connectivity index (χ1v) is 6.35. The van der Waals surface area contributed by atoms with Gasteiger partial charge in [-0.15, -0.1) is 11.6 Å². The van der Waals surface area contributed by atoms with Crippen LogP contribution in [-0.2, 0) is 12.1 Å². The molecule has 2 rings (SSSR count). The Morgan fingerprint density at radius 1 is 1.30 bits per heavy atom. The zero-order valence-corrected chi connectivity index (χ0v) is 11.3. The molecule has 0 unspecified atom stereocenters. The summed E-state index contributed by atoms with van der Waals surface area (Å²) in [5.41, 5.74) is -0.796. The number of aromatic nitrogens is 1. The number of alkyl halides is 4. The van der Waals surface area contributed by atoms with Crippen LogP contribution >= 0.6 is 11.6 Å². The second-order valence-corrected chi connectivity index (χ2v) is 4.22. The molecule has 7 heteroatoms. The Kier molecular flexibility index (Phi) is 4.23. The summed E-state index contributed by atoms with van der Waals surface area (Å²) in [6, 6.07) is 5.11. The smallest absolute Gasteiger partial charge is 0.417 e. The molecule has 0 radical (unpaired) electrons. The molecule has 2 aromatic rings. The van der Waals surface area contributed by atoms with E-state index in [4.69, 9.17) is 20.9 Å². The summed E-state index contributed by atoms with van der Waals surface area (Å²) in [7, 11) is 0. The summed E-state index contributed by atoms with van der Waals surface area (Å²) in [4.78, 5) is 0. The predicted molar refractivity (Wildman–Crippen MR) is 67.7 cm³/mol. The van der Waals surface area contributed by atoms with Crippen molar-refractivity contribution in [2.45, 2.75) is 19.0 Å². The third-order valence-corrected chi connectivity index (χ3v) is 2.84. The Labute approximate surface area is 118 Å². The Hall–Kier alpha value is -1.69. The highest BCUT2D eigenvalue weighted by Gasteiger charge is 2.35. The number of nitrogens with zero attached hydrogens (tertiary/aromatic N) is 1. The van der Waals surface area contributed by atoms with Crippen molar-refractivity contribution in [2.75, 3.05) is 6.61 Å². The van der Waals surface area contributed by atoms with Crippen LogP contribution in [0.3, 0.4) is 0 Å². The summed E-state index contributed by atoms with van der Waals surface area (Å²) < 4.78 is 49.2. The van der Waals surface area contributed by atoms with Crippen molar-refractivity contribution in [3.05, 3.63) is 35.6 Å². The normalized spacial score (nSPS) is 11.7. The van der Waals surface area contributed by atoms with Crippen molar-refractivity contribution in [3.8, 4) is 17.0 Å². The molecule has 1 aromatic carbocycles. The van der Waals surface area contributed by atoms with Crippen LogP contribution in [0.1, 0.15) is 18.2 Å². The van der Waals surface area contributed by atoms with Crippen LogP contribution in [0.4, 0.5) is 13.2 Å². The van der Waals surface area contributed by atoms with Crippen molar-refractivity contribution < 1.29 is 22.4 Å². The lowest BCUT2D eigenvalue weighted by Crippen LogP contribution is -2.08. The van der Waals surface area contributed by atoms with Crippen LogP contribution in [0.25, 0.3) is 11.3 Å². The largest absolute Gasteiger partial charge is 0.494 e. The van der Waals surface area contributed by atoms with Crippen LogP contribution in [-0.4, -0.2) is 11.8 Å². The first-order valence-electron chi connectivity index (χ1n) is 5.81. The quantitative estimate of drug-likeness (QED) is 0.780. The Morgan fingerprint density at radius 3 is 2.60 bits per heavy atom. The fraction of sp³-hybridized carbons (Fsp3) is 0.308. The van der Waals surface area contributed by atoms with Gasteiger partial charge in [-0.1, -0.05) is 5.16 Å². The van der Waals surface area contributed by atoms with Gasteiger partial charge in [0.15, 0.2) is 5.76 Å². The molecule has 0 saturated carbocycles. The topological polar surface area (TPSA) is 35.3 Å². The lowest BCUT2D eigenvalue weighted by Gasteiger charge is -2.13. The standard InChI is InChI=1S/C13H11ClF3NO2/c1-2-19-8-3-4-10(11(5-8)13(15,16)17)12-6-9(7-14)20-18-12/h3-6H,2,7H2,1H3. The van der Waals surface area contributed by atoms with Crippen LogP contribution in [0.15, 0.2) is 28.8 Å². The van der Waals surface area contributed by atoms with Gasteiger partial charge in [0.2, 0.25) is 0 Å². The van der Waals surface area contributed by atoms with Gasteiger partial charge >= 0.3 is 6.18 Å². The molecule has 0 amide bonds. The van der Waals surface area contributed by atoms with Gasteiger partial charge in [-0.05, 0) is 25.1 Å². The average molecular weight is 306 g/mol. The number of rotatable bonds is 4. The van der Waals surface area contributed by atoms with E-state index in [-0.39, 0.29) is 29.5 Å². The van der Waals surface area contributed by atoms with Gasteiger partial charge in [0, 0.05) is 11.6 Å². The maximum Gasteiger partial charge on any atom is 0.417 e. The van der Waals surface area contributed by atoms with Gasteiger partial charge in [0.1, 0.15) is 11.4 Å². The van der Waals surface area contributed by atoms with Gasteiger partial charge < -0.3 is 9.26 Å². The molecule has 3 nitrogen and oxygen atoms in total. The molecule has 0 atom stereocenters. The first-order chi connectivity index (χ1) is 9.45. The maximum absolute atomic E-state index is 13.1. The Bertz CT molecular complexity index is 596. The highest BCUT2D eigenvalue weighted by Crippen LogP contribution is 2.39. The number of hydrogen-bond acceptors (Lipinski definition) is 3. The summed E-state index contributed by atoms with van der Waals surface area (Å²) in [5.74, 6) is 0.513. The summed E-state index contributed by atoms with van der Waals surface area (Å²) in [5, 5.41) is 3.61. The van der Waals surface area contributed by atoms with E-state index in [1.165, 1.54) is 18.2 Å². The van der Waals surface area contributed by atoms with E-state index in [2.05, 4.69) is 5.16 Å². The van der Waals surface area contributed by atoms with Crippen LogP contribution in [0.2, 0.25) is 0 Å². The van der Waals surface area contributed by atoms with E-state index in [0.29, 0.717) is 5.76 Å². The molecule has 0 bridgehead atoms. The molecule has 1 heterocycles. The number of benzene rings is 1. The monoisotopic (exact) mass is 305 g/mol. The summed E-state index contributed by atoms with van der Waals surface area (Å²) in [6.07, 6.45) is -4.51. The van der Waals surface area contributed by atoms with Crippen molar-refractivity contribution in [2.24, 2.45) is 0 Å². The van der Waals surface area contributed by atoms with Crippen LogP contribution < -0.4 is 4.74 Å². The van der Waals surface area contributed by atoms with E-state index in [9.17, 15) is 13.2 Å². The van der Waals surface area contributed by atoms with Gasteiger partial charge in [-0.3, -0.25) is 0 Å². The van der Waals surface area contributed by atoms with E-state index < -0.39 is 11.7 Å². The number of halogens is 4. The highest BCUT2D eigenvalue weighted by molar-refractivity contribution is 6.16.